The van der Waals surface area contributed by atoms with Crippen LogP contribution in [-0.2, 0) is 0 Å². The van der Waals surface area contributed by atoms with Crippen molar-refractivity contribution >= 4 is 17.8 Å². The van der Waals surface area contributed by atoms with Gasteiger partial charge in [0.2, 0.25) is 0 Å². The number of carbonyl (C=O) groups is 1. The van der Waals surface area contributed by atoms with Crippen LogP contribution in [0.5, 0.6) is 0 Å². The Morgan fingerprint density at radius 3 is 2.25 bits per heavy atom. The highest BCUT2D eigenvalue weighted by molar-refractivity contribution is 5.95. The molecule has 28 heavy (non-hydrogen) atoms. The van der Waals surface area contributed by atoms with Gasteiger partial charge in [0.05, 0.1) is 0 Å². The molecule has 1 amide bonds. The third kappa shape index (κ3) is 4.61. The van der Waals surface area contributed by atoms with Gasteiger partial charge in [-0.2, -0.15) is 0 Å². The normalized spacial score (nSPS) is 13.6. The van der Waals surface area contributed by atoms with Gasteiger partial charge in [0.25, 0.3) is 5.91 Å². The first-order valence-electron chi connectivity index (χ1n) is 10.5. The van der Waals surface area contributed by atoms with E-state index in [2.05, 4.69) is 31.3 Å². The fourth-order valence-corrected chi connectivity index (χ4v) is 3.61. The molecule has 1 aliphatic rings. The molecule has 0 bridgehead atoms. The zero-order chi connectivity index (χ0) is 19.9. The molecule has 0 heterocycles. The number of carbonyl (C=O) groups excluding carboxylic acids is 1. The predicted octanol–water partition coefficient (Wildman–Crippen LogP) is 5.58. The second-order valence-corrected chi connectivity index (χ2v) is 7.59. The summed E-state index contributed by atoms with van der Waals surface area (Å²) in [6.07, 6.45) is 7.06. The Balaban J connectivity index is 1.77. The molecule has 0 aromatic heterocycles. The second kappa shape index (κ2) is 9.54. The Morgan fingerprint density at radius 1 is 1.07 bits per heavy atom. The van der Waals surface area contributed by atoms with Crippen LogP contribution in [0.15, 0.2) is 42.5 Å². The largest absolute Gasteiger partial charge is 0.382 e. The van der Waals surface area contributed by atoms with E-state index in [1.807, 2.05) is 35.2 Å². The number of benzene rings is 2. The molecule has 2 aromatic carbocycles. The summed E-state index contributed by atoms with van der Waals surface area (Å²) in [5, 5.41) is 11.3. The van der Waals surface area contributed by atoms with Crippen LogP contribution in [0, 0.1) is 5.41 Å². The fraction of sp³-hybridized carbons (Fsp3) is 0.417. The minimum absolute atomic E-state index is 0.107. The zero-order valence-corrected chi connectivity index (χ0v) is 17.0. The predicted molar refractivity (Wildman–Crippen MR) is 118 cm³/mol. The van der Waals surface area contributed by atoms with Gasteiger partial charge in [0, 0.05) is 42.2 Å². The molecule has 0 saturated heterocycles. The van der Waals surface area contributed by atoms with Crippen LogP contribution in [0.1, 0.15) is 61.9 Å². The number of amides is 1. The van der Waals surface area contributed by atoms with Crippen LogP contribution in [0.3, 0.4) is 0 Å². The molecule has 4 nitrogen and oxygen atoms in total. The Kier molecular flexibility index (Phi) is 6.85. The first-order valence-corrected chi connectivity index (χ1v) is 10.5. The van der Waals surface area contributed by atoms with E-state index in [0.717, 1.165) is 53.9 Å². The van der Waals surface area contributed by atoms with Crippen molar-refractivity contribution in [1.29, 1.82) is 5.41 Å². The Bertz CT molecular complexity index is 803. The Morgan fingerprint density at radius 2 is 1.71 bits per heavy atom. The Hall–Kier alpha value is -2.62. The highest BCUT2D eigenvalue weighted by Gasteiger charge is 2.18. The maximum absolute atomic E-state index is 12.7. The van der Waals surface area contributed by atoms with Crippen molar-refractivity contribution in [3.8, 4) is 11.1 Å². The summed E-state index contributed by atoms with van der Waals surface area (Å²) in [6.45, 7) is 5.80. The minimum atomic E-state index is 0.107. The number of nitrogens with zero attached hydrogens (tertiary/aromatic N) is 1. The van der Waals surface area contributed by atoms with Crippen LogP contribution in [-0.4, -0.2) is 36.2 Å². The van der Waals surface area contributed by atoms with E-state index in [4.69, 9.17) is 5.41 Å². The van der Waals surface area contributed by atoms with E-state index < -0.39 is 0 Å². The molecule has 1 aliphatic carbocycles. The van der Waals surface area contributed by atoms with Crippen LogP contribution < -0.4 is 5.32 Å². The van der Waals surface area contributed by atoms with Gasteiger partial charge in [0.1, 0.15) is 0 Å². The van der Waals surface area contributed by atoms with E-state index in [-0.39, 0.29) is 5.91 Å². The van der Waals surface area contributed by atoms with Gasteiger partial charge >= 0.3 is 0 Å². The average Bonchev–Trinajstić information content (AvgIpc) is 2.70. The summed E-state index contributed by atoms with van der Waals surface area (Å²) in [7, 11) is 0. The number of hydrogen-bond donors (Lipinski definition) is 2. The third-order valence-corrected chi connectivity index (χ3v) is 5.41. The van der Waals surface area contributed by atoms with Crippen LogP contribution in [0.25, 0.3) is 11.1 Å². The second-order valence-electron chi connectivity index (χ2n) is 7.59. The molecule has 4 heteroatoms. The molecule has 2 aromatic rings. The van der Waals surface area contributed by atoms with Gasteiger partial charge in [-0.15, -0.1) is 0 Å². The number of nitrogens with one attached hydrogen (secondary N) is 2. The van der Waals surface area contributed by atoms with Crippen LogP contribution >= 0.6 is 0 Å². The maximum Gasteiger partial charge on any atom is 0.253 e. The first kappa shape index (κ1) is 20.1. The molecule has 1 saturated carbocycles. The average molecular weight is 378 g/mol. The summed E-state index contributed by atoms with van der Waals surface area (Å²) in [4.78, 5) is 14.7. The molecule has 148 valence electrons. The topological polar surface area (TPSA) is 56.2 Å². The molecule has 0 aliphatic heterocycles. The van der Waals surface area contributed by atoms with Gasteiger partial charge in [-0.25, -0.2) is 0 Å². The molecular formula is C24H31N3O. The molecule has 2 N–H and O–H groups in total. The smallest absolute Gasteiger partial charge is 0.253 e. The molecule has 0 atom stereocenters. The summed E-state index contributed by atoms with van der Waals surface area (Å²) in [5.74, 6) is 0.107. The standard InChI is InChI=1S/C24H31N3O/c1-3-14-27(15-4-2)24(28)19-10-8-18(9-11-19)20-12-13-23(21(16-20)17-25)26-22-6-5-7-22/h8-13,16-17,22,25-26H,3-7,14-15H2,1-2H3. The molecular weight excluding hydrogens is 346 g/mol. The van der Waals surface area contributed by atoms with E-state index in [1.54, 1.807) is 0 Å². The van der Waals surface area contributed by atoms with Gasteiger partial charge in [0.15, 0.2) is 0 Å². The summed E-state index contributed by atoms with van der Waals surface area (Å²) in [6, 6.07) is 14.6. The summed E-state index contributed by atoms with van der Waals surface area (Å²) in [5.41, 5.74) is 4.80. The van der Waals surface area contributed by atoms with E-state index in [0.29, 0.717) is 6.04 Å². The lowest BCUT2D eigenvalue weighted by Gasteiger charge is -2.28. The SMILES string of the molecule is CCCN(CCC)C(=O)c1ccc(-c2ccc(NC3CCC3)c(C=N)c2)cc1. The van der Waals surface area contributed by atoms with Gasteiger partial charge in [-0.3, -0.25) is 4.79 Å². The molecule has 0 unspecified atom stereocenters. The van der Waals surface area contributed by atoms with Crippen molar-refractivity contribution in [3.05, 3.63) is 53.6 Å². The monoisotopic (exact) mass is 377 g/mol. The van der Waals surface area contributed by atoms with Crippen LogP contribution in [0.2, 0.25) is 0 Å². The quantitative estimate of drug-likeness (QED) is 0.561. The first-order chi connectivity index (χ1) is 13.7. The van der Waals surface area contributed by atoms with Crippen molar-refractivity contribution in [1.82, 2.24) is 4.90 Å². The van der Waals surface area contributed by atoms with Crippen molar-refractivity contribution in [3.63, 3.8) is 0 Å². The third-order valence-electron chi connectivity index (χ3n) is 5.41. The van der Waals surface area contributed by atoms with Gasteiger partial charge < -0.3 is 15.6 Å². The summed E-state index contributed by atoms with van der Waals surface area (Å²) >= 11 is 0. The fourth-order valence-electron chi connectivity index (χ4n) is 3.61. The lowest BCUT2D eigenvalue weighted by molar-refractivity contribution is 0.0755. The minimum Gasteiger partial charge on any atom is -0.382 e. The highest BCUT2D eigenvalue weighted by atomic mass is 16.2. The summed E-state index contributed by atoms with van der Waals surface area (Å²) < 4.78 is 0. The highest BCUT2D eigenvalue weighted by Crippen LogP contribution is 2.28. The lowest BCUT2D eigenvalue weighted by Crippen LogP contribution is -2.32. The Labute approximate surface area is 168 Å². The van der Waals surface area contributed by atoms with E-state index >= 15 is 0 Å². The molecule has 0 spiro atoms. The van der Waals surface area contributed by atoms with Gasteiger partial charge in [-0.05, 0) is 67.5 Å². The molecule has 0 radical (unpaired) electrons. The van der Waals surface area contributed by atoms with Crippen molar-refractivity contribution in [2.45, 2.75) is 52.0 Å². The van der Waals surface area contributed by atoms with Crippen molar-refractivity contribution < 1.29 is 4.79 Å². The van der Waals surface area contributed by atoms with Gasteiger partial charge in [-0.1, -0.05) is 32.0 Å². The van der Waals surface area contributed by atoms with Crippen molar-refractivity contribution in [2.75, 3.05) is 18.4 Å². The van der Waals surface area contributed by atoms with Crippen molar-refractivity contribution in [2.24, 2.45) is 0 Å². The van der Waals surface area contributed by atoms with E-state index in [9.17, 15) is 4.79 Å². The molecule has 3 rings (SSSR count). The van der Waals surface area contributed by atoms with E-state index in [1.165, 1.54) is 25.5 Å². The number of rotatable bonds is 9. The lowest BCUT2D eigenvalue weighted by atomic mass is 9.92. The van der Waals surface area contributed by atoms with Crippen LogP contribution in [0.4, 0.5) is 5.69 Å². The number of anilines is 1. The number of hydrogen-bond acceptors (Lipinski definition) is 3. The molecule has 1 fully saturated rings. The zero-order valence-electron chi connectivity index (χ0n) is 17.0. The maximum atomic E-state index is 12.7.